The highest BCUT2D eigenvalue weighted by Gasteiger charge is 2.21. The van der Waals surface area contributed by atoms with Crippen molar-refractivity contribution in [2.45, 2.75) is 25.8 Å². The highest BCUT2D eigenvalue weighted by atomic mass is 16.5. The van der Waals surface area contributed by atoms with Crippen molar-refractivity contribution in [3.63, 3.8) is 0 Å². The number of carboxylic acid groups (broad SMARTS) is 2. The molecule has 0 heterocycles. The molecule has 0 radical (unpaired) electrons. The average molecular weight is 295 g/mol. The molecule has 0 spiro atoms. The van der Waals surface area contributed by atoms with Crippen molar-refractivity contribution in [2.24, 2.45) is 0 Å². The van der Waals surface area contributed by atoms with E-state index < -0.39 is 23.9 Å². The van der Waals surface area contributed by atoms with Crippen molar-refractivity contribution in [3.8, 4) is 5.75 Å². The molecule has 21 heavy (non-hydrogen) atoms. The fourth-order valence-electron chi connectivity index (χ4n) is 1.66. The molecular weight excluding hydrogens is 278 g/mol. The number of aliphatic carboxylic acids is 2. The summed E-state index contributed by atoms with van der Waals surface area (Å²) in [5.41, 5.74) is 0.252. The Balaban J connectivity index is 2.74. The van der Waals surface area contributed by atoms with Gasteiger partial charge in [0.1, 0.15) is 11.8 Å². The Labute approximate surface area is 121 Å². The summed E-state index contributed by atoms with van der Waals surface area (Å²) in [6.45, 7) is 2.25. The third-order valence-corrected chi connectivity index (χ3v) is 2.66. The van der Waals surface area contributed by atoms with Crippen LogP contribution in [0.4, 0.5) is 0 Å². The standard InChI is InChI=1S/C14H17NO6/c1-2-21-10-5-3-4-9(8-10)13(18)15-11(14(19)20)6-7-12(16)17/h3-5,8,11H,2,6-7H2,1H3,(H,15,18)(H,16,17)(H,19,20). The zero-order chi connectivity index (χ0) is 15.8. The van der Waals surface area contributed by atoms with Gasteiger partial charge in [-0.25, -0.2) is 4.79 Å². The maximum Gasteiger partial charge on any atom is 0.326 e. The van der Waals surface area contributed by atoms with E-state index in [1.165, 1.54) is 12.1 Å². The van der Waals surface area contributed by atoms with E-state index in [0.29, 0.717) is 12.4 Å². The number of ether oxygens (including phenoxy) is 1. The monoisotopic (exact) mass is 295 g/mol. The number of hydrogen-bond donors (Lipinski definition) is 3. The van der Waals surface area contributed by atoms with Crippen molar-refractivity contribution in [1.82, 2.24) is 5.32 Å². The summed E-state index contributed by atoms with van der Waals surface area (Å²) < 4.78 is 5.25. The van der Waals surface area contributed by atoms with Crippen LogP contribution in [0, 0.1) is 0 Å². The predicted molar refractivity (Wildman–Crippen MR) is 73.4 cm³/mol. The van der Waals surface area contributed by atoms with Gasteiger partial charge in [-0.05, 0) is 31.5 Å². The van der Waals surface area contributed by atoms with Crippen LogP contribution < -0.4 is 10.1 Å². The number of hydrogen-bond acceptors (Lipinski definition) is 4. The van der Waals surface area contributed by atoms with Gasteiger partial charge < -0.3 is 20.3 Å². The zero-order valence-corrected chi connectivity index (χ0v) is 11.5. The smallest absolute Gasteiger partial charge is 0.326 e. The topological polar surface area (TPSA) is 113 Å². The molecule has 1 unspecified atom stereocenters. The molecular formula is C14H17NO6. The number of amides is 1. The summed E-state index contributed by atoms with van der Waals surface area (Å²) in [5.74, 6) is -2.48. The molecule has 0 bridgehead atoms. The number of nitrogens with one attached hydrogen (secondary N) is 1. The number of carboxylic acids is 2. The molecule has 114 valence electrons. The Kier molecular flexibility index (Phi) is 6.19. The summed E-state index contributed by atoms with van der Waals surface area (Å²) in [6.07, 6.45) is -0.516. The van der Waals surface area contributed by atoms with Crippen LogP contribution >= 0.6 is 0 Å². The van der Waals surface area contributed by atoms with Crippen LogP contribution in [-0.4, -0.2) is 40.7 Å². The molecule has 0 saturated carbocycles. The second kappa shape index (κ2) is 7.88. The van der Waals surface area contributed by atoms with Gasteiger partial charge in [0, 0.05) is 12.0 Å². The third-order valence-electron chi connectivity index (χ3n) is 2.66. The molecule has 1 amide bonds. The van der Waals surface area contributed by atoms with Crippen molar-refractivity contribution < 1.29 is 29.3 Å². The molecule has 1 aromatic rings. The average Bonchev–Trinajstić information content (AvgIpc) is 2.43. The lowest BCUT2D eigenvalue weighted by Crippen LogP contribution is -2.41. The van der Waals surface area contributed by atoms with Gasteiger partial charge in [0.2, 0.25) is 0 Å². The third kappa shape index (κ3) is 5.52. The maximum atomic E-state index is 12.0. The zero-order valence-electron chi connectivity index (χ0n) is 11.5. The van der Waals surface area contributed by atoms with Gasteiger partial charge in [0.25, 0.3) is 5.91 Å². The molecule has 7 heteroatoms. The second-order valence-corrected chi connectivity index (χ2v) is 4.26. The van der Waals surface area contributed by atoms with Gasteiger partial charge in [-0.15, -0.1) is 0 Å². The molecule has 0 aliphatic rings. The fraction of sp³-hybridized carbons (Fsp3) is 0.357. The van der Waals surface area contributed by atoms with E-state index in [1.54, 1.807) is 19.1 Å². The molecule has 3 N–H and O–H groups in total. The van der Waals surface area contributed by atoms with Crippen LogP contribution in [0.25, 0.3) is 0 Å². The number of carbonyl (C=O) groups excluding carboxylic acids is 1. The van der Waals surface area contributed by atoms with Gasteiger partial charge in [-0.2, -0.15) is 0 Å². The highest BCUT2D eigenvalue weighted by Crippen LogP contribution is 2.13. The molecule has 0 aliphatic heterocycles. The molecule has 1 aromatic carbocycles. The maximum absolute atomic E-state index is 12.0. The summed E-state index contributed by atoms with van der Waals surface area (Å²) in [5, 5.41) is 19.9. The summed E-state index contributed by atoms with van der Waals surface area (Å²) in [7, 11) is 0. The van der Waals surface area contributed by atoms with E-state index in [-0.39, 0.29) is 18.4 Å². The molecule has 0 fully saturated rings. The van der Waals surface area contributed by atoms with Crippen molar-refractivity contribution in [1.29, 1.82) is 0 Å². The minimum absolute atomic E-state index is 0.179. The Bertz CT molecular complexity index is 528. The van der Waals surface area contributed by atoms with Crippen LogP contribution in [0.5, 0.6) is 5.75 Å². The lowest BCUT2D eigenvalue weighted by Gasteiger charge is -2.14. The van der Waals surface area contributed by atoms with Crippen LogP contribution in [0.3, 0.4) is 0 Å². The van der Waals surface area contributed by atoms with Crippen molar-refractivity contribution >= 4 is 17.8 Å². The lowest BCUT2D eigenvalue weighted by atomic mass is 10.1. The first-order valence-corrected chi connectivity index (χ1v) is 6.42. The van der Waals surface area contributed by atoms with E-state index in [1.807, 2.05) is 0 Å². The quantitative estimate of drug-likeness (QED) is 0.662. The molecule has 0 aromatic heterocycles. The van der Waals surface area contributed by atoms with Gasteiger partial charge >= 0.3 is 11.9 Å². The van der Waals surface area contributed by atoms with E-state index in [4.69, 9.17) is 14.9 Å². The summed E-state index contributed by atoms with van der Waals surface area (Å²) in [6, 6.07) is 5.07. The minimum Gasteiger partial charge on any atom is -0.494 e. The van der Waals surface area contributed by atoms with Crippen LogP contribution in [0.15, 0.2) is 24.3 Å². The Morgan fingerprint density at radius 3 is 2.57 bits per heavy atom. The molecule has 0 saturated heterocycles. The van der Waals surface area contributed by atoms with Crippen LogP contribution in [-0.2, 0) is 9.59 Å². The Morgan fingerprint density at radius 1 is 1.29 bits per heavy atom. The van der Waals surface area contributed by atoms with E-state index in [2.05, 4.69) is 5.32 Å². The second-order valence-electron chi connectivity index (χ2n) is 4.26. The Hall–Kier alpha value is -2.57. The minimum atomic E-state index is -1.27. The SMILES string of the molecule is CCOc1cccc(C(=O)NC(CCC(=O)O)C(=O)O)c1. The first kappa shape index (κ1) is 16.5. The first-order chi connectivity index (χ1) is 9.93. The van der Waals surface area contributed by atoms with Crippen molar-refractivity contribution in [2.75, 3.05) is 6.61 Å². The molecule has 7 nitrogen and oxygen atoms in total. The van der Waals surface area contributed by atoms with Gasteiger partial charge in [0.15, 0.2) is 0 Å². The molecule has 0 aliphatic carbocycles. The van der Waals surface area contributed by atoms with E-state index >= 15 is 0 Å². The Morgan fingerprint density at radius 2 is 2.00 bits per heavy atom. The number of benzene rings is 1. The van der Waals surface area contributed by atoms with Gasteiger partial charge in [-0.1, -0.05) is 6.07 Å². The first-order valence-electron chi connectivity index (χ1n) is 6.42. The van der Waals surface area contributed by atoms with Crippen LogP contribution in [0.1, 0.15) is 30.1 Å². The normalized spacial score (nSPS) is 11.5. The number of rotatable bonds is 8. The lowest BCUT2D eigenvalue weighted by molar-refractivity contribution is -0.140. The largest absolute Gasteiger partial charge is 0.494 e. The number of carbonyl (C=O) groups is 3. The van der Waals surface area contributed by atoms with Gasteiger partial charge in [-0.3, -0.25) is 9.59 Å². The van der Waals surface area contributed by atoms with Crippen LogP contribution in [0.2, 0.25) is 0 Å². The molecule has 1 rings (SSSR count). The summed E-state index contributed by atoms with van der Waals surface area (Å²) >= 11 is 0. The summed E-state index contributed by atoms with van der Waals surface area (Å²) in [4.78, 5) is 33.5. The predicted octanol–water partition coefficient (Wildman–Crippen LogP) is 1.13. The molecule has 1 atom stereocenters. The van der Waals surface area contributed by atoms with Gasteiger partial charge in [0.05, 0.1) is 6.61 Å². The van der Waals surface area contributed by atoms with E-state index in [9.17, 15) is 14.4 Å². The fourth-order valence-corrected chi connectivity index (χ4v) is 1.66. The highest BCUT2D eigenvalue weighted by molar-refractivity contribution is 5.97. The van der Waals surface area contributed by atoms with Crippen molar-refractivity contribution in [3.05, 3.63) is 29.8 Å². The van der Waals surface area contributed by atoms with E-state index in [0.717, 1.165) is 0 Å².